The van der Waals surface area contributed by atoms with E-state index in [4.69, 9.17) is 9.84 Å². The molecule has 0 radical (unpaired) electrons. The minimum Gasteiger partial charge on any atom is -0.480 e. The Bertz CT molecular complexity index is 797. The lowest BCUT2D eigenvalue weighted by Crippen LogP contribution is -2.04. The van der Waals surface area contributed by atoms with Crippen molar-refractivity contribution in [3.8, 4) is 17.3 Å². The largest absolute Gasteiger partial charge is 0.480 e. The Balaban J connectivity index is 2.20. The quantitative estimate of drug-likeness (QED) is 0.775. The van der Waals surface area contributed by atoms with Gasteiger partial charge in [-0.15, -0.1) is 5.10 Å². The van der Waals surface area contributed by atoms with Gasteiger partial charge in [0.15, 0.2) is 0 Å². The standard InChI is InChI=1S/C13H10N4O3/c1-20-12-9(13(18)19)5-6-10(15-12)11-4-2-3-8-7-14-16-17(8)11/h2-7H,1H3,(H,18,19). The van der Waals surface area contributed by atoms with E-state index in [9.17, 15) is 4.79 Å². The number of carbonyl (C=O) groups is 1. The maximum absolute atomic E-state index is 11.1. The van der Waals surface area contributed by atoms with Crippen molar-refractivity contribution in [2.24, 2.45) is 0 Å². The molecular weight excluding hydrogens is 260 g/mol. The van der Waals surface area contributed by atoms with Crippen LogP contribution in [0.2, 0.25) is 0 Å². The first-order valence-electron chi connectivity index (χ1n) is 5.79. The Kier molecular flexibility index (Phi) is 2.79. The first-order valence-corrected chi connectivity index (χ1v) is 5.79. The molecule has 0 aromatic carbocycles. The number of pyridine rings is 2. The number of nitrogens with zero attached hydrogens (tertiary/aromatic N) is 4. The molecule has 0 aliphatic carbocycles. The average Bonchev–Trinajstić information content (AvgIpc) is 2.94. The van der Waals surface area contributed by atoms with Crippen LogP contribution >= 0.6 is 0 Å². The molecule has 0 aliphatic heterocycles. The highest BCUT2D eigenvalue weighted by atomic mass is 16.5. The van der Waals surface area contributed by atoms with Gasteiger partial charge in [0.05, 0.1) is 30.2 Å². The fraction of sp³-hybridized carbons (Fsp3) is 0.0769. The third-order valence-corrected chi connectivity index (χ3v) is 2.87. The molecule has 0 bridgehead atoms. The summed E-state index contributed by atoms with van der Waals surface area (Å²) >= 11 is 0. The van der Waals surface area contributed by atoms with Crippen molar-refractivity contribution in [3.63, 3.8) is 0 Å². The second-order valence-electron chi connectivity index (χ2n) is 4.04. The van der Waals surface area contributed by atoms with E-state index in [1.165, 1.54) is 13.2 Å². The van der Waals surface area contributed by atoms with Gasteiger partial charge in [0, 0.05) is 0 Å². The van der Waals surface area contributed by atoms with Crippen molar-refractivity contribution >= 4 is 11.5 Å². The van der Waals surface area contributed by atoms with Crippen LogP contribution in [0.3, 0.4) is 0 Å². The van der Waals surface area contributed by atoms with Gasteiger partial charge in [-0.3, -0.25) is 0 Å². The first-order chi connectivity index (χ1) is 9.70. The van der Waals surface area contributed by atoms with E-state index in [2.05, 4.69) is 15.3 Å². The predicted octanol–water partition coefficient (Wildman–Crippen LogP) is 1.50. The Hall–Kier alpha value is -2.96. The molecule has 0 atom stereocenters. The number of carboxylic acid groups (broad SMARTS) is 1. The molecule has 0 spiro atoms. The number of aromatic carboxylic acids is 1. The van der Waals surface area contributed by atoms with Crippen LogP contribution in [0.5, 0.6) is 5.88 Å². The second kappa shape index (κ2) is 4.61. The minimum absolute atomic E-state index is 0.0158. The zero-order chi connectivity index (χ0) is 14.1. The number of ether oxygens (including phenoxy) is 1. The fourth-order valence-corrected chi connectivity index (χ4v) is 1.95. The second-order valence-corrected chi connectivity index (χ2v) is 4.04. The van der Waals surface area contributed by atoms with Crippen molar-refractivity contribution in [1.29, 1.82) is 0 Å². The van der Waals surface area contributed by atoms with Crippen molar-refractivity contribution in [2.45, 2.75) is 0 Å². The van der Waals surface area contributed by atoms with Crippen LogP contribution < -0.4 is 4.74 Å². The molecule has 7 heteroatoms. The molecule has 7 nitrogen and oxygen atoms in total. The number of fused-ring (bicyclic) bond motifs is 1. The van der Waals surface area contributed by atoms with E-state index >= 15 is 0 Å². The minimum atomic E-state index is -1.08. The highest BCUT2D eigenvalue weighted by molar-refractivity contribution is 5.90. The van der Waals surface area contributed by atoms with Gasteiger partial charge in [-0.25, -0.2) is 14.3 Å². The molecule has 1 N–H and O–H groups in total. The van der Waals surface area contributed by atoms with Gasteiger partial charge in [0.25, 0.3) is 0 Å². The van der Waals surface area contributed by atoms with Crippen molar-refractivity contribution in [2.75, 3.05) is 7.11 Å². The summed E-state index contributed by atoms with van der Waals surface area (Å²) in [6.45, 7) is 0. The van der Waals surface area contributed by atoms with Crippen LogP contribution in [0.4, 0.5) is 0 Å². The number of aromatic nitrogens is 4. The average molecular weight is 270 g/mol. The molecule has 3 rings (SSSR count). The summed E-state index contributed by atoms with van der Waals surface area (Å²) in [5.41, 5.74) is 2.10. The zero-order valence-electron chi connectivity index (χ0n) is 10.5. The first kappa shape index (κ1) is 12.1. The van der Waals surface area contributed by atoms with Crippen molar-refractivity contribution in [1.82, 2.24) is 19.8 Å². The molecule has 0 fully saturated rings. The Morgan fingerprint density at radius 3 is 2.90 bits per heavy atom. The fourth-order valence-electron chi connectivity index (χ4n) is 1.95. The van der Waals surface area contributed by atoms with Crippen LogP contribution in [0, 0.1) is 0 Å². The summed E-state index contributed by atoms with van der Waals surface area (Å²) in [7, 11) is 1.38. The smallest absolute Gasteiger partial charge is 0.341 e. The van der Waals surface area contributed by atoms with E-state index in [0.29, 0.717) is 11.4 Å². The third-order valence-electron chi connectivity index (χ3n) is 2.87. The van der Waals surface area contributed by atoms with E-state index in [1.807, 2.05) is 18.2 Å². The van der Waals surface area contributed by atoms with Crippen LogP contribution in [-0.4, -0.2) is 38.0 Å². The topological polar surface area (TPSA) is 89.6 Å². The third kappa shape index (κ3) is 1.85. The van der Waals surface area contributed by atoms with E-state index < -0.39 is 5.97 Å². The van der Waals surface area contributed by atoms with E-state index in [0.717, 1.165) is 5.52 Å². The summed E-state index contributed by atoms with van der Waals surface area (Å²) in [5.74, 6) is -1.02. The summed E-state index contributed by atoms with van der Waals surface area (Å²) in [6.07, 6.45) is 1.63. The van der Waals surface area contributed by atoms with Crippen LogP contribution in [-0.2, 0) is 0 Å². The monoisotopic (exact) mass is 270 g/mol. The molecule has 0 saturated heterocycles. The highest BCUT2D eigenvalue weighted by Gasteiger charge is 2.15. The van der Waals surface area contributed by atoms with Gasteiger partial charge in [-0.05, 0) is 24.3 Å². The van der Waals surface area contributed by atoms with Gasteiger partial charge in [0.1, 0.15) is 5.56 Å². The molecule has 3 aromatic rings. The Morgan fingerprint density at radius 1 is 1.30 bits per heavy atom. The number of hydrogen-bond donors (Lipinski definition) is 1. The summed E-state index contributed by atoms with van der Waals surface area (Å²) < 4.78 is 6.65. The summed E-state index contributed by atoms with van der Waals surface area (Å²) in [4.78, 5) is 15.3. The van der Waals surface area contributed by atoms with Crippen LogP contribution in [0.1, 0.15) is 10.4 Å². The lowest BCUT2D eigenvalue weighted by Gasteiger charge is -2.07. The number of methoxy groups -OCH3 is 1. The number of hydrogen-bond acceptors (Lipinski definition) is 5. The highest BCUT2D eigenvalue weighted by Crippen LogP contribution is 2.23. The molecule has 0 aliphatic rings. The maximum Gasteiger partial charge on any atom is 0.341 e. The van der Waals surface area contributed by atoms with Gasteiger partial charge >= 0.3 is 5.97 Å². The number of carboxylic acids is 1. The van der Waals surface area contributed by atoms with Crippen molar-refractivity contribution in [3.05, 3.63) is 42.1 Å². The predicted molar refractivity (Wildman–Crippen MR) is 69.7 cm³/mol. The Morgan fingerprint density at radius 2 is 2.15 bits per heavy atom. The lowest BCUT2D eigenvalue weighted by atomic mass is 10.2. The molecule has 0 unspecified atom stereocenters. The van der Waals surface area contributed by atoms with E-state index in [-0.39, 0.29) is 11.4 Å². The summed E-state index contributed by atoms with van der Waals surface area (Å²) in [5, 5.41) is 16.9. The SMILES string of the molecule is COc1nc(-c2cccc3cnnn23)ccc1C(=O)O. The van der Waals surface area contributed by atoms with Crippen LogP contribution in [0.25, 0.3) is 16.9 Å². The molecule has 3 heterocycles. The summed E-state index contributed by atoms with van der Waals surface area (Å²) in [6, 6.07) is 8.62. The number of rotatable bonds is 3. The molecule has 0 saturated carbocycles. The van der Waals surface area contributed by atoms with Gasteiger partial charge in [0.2, 0.25) is 5.88 Å². The lowest BCUT2D eigenvalue weighted by molar-refractivity contribution is 0.0692. The molecule has 100 valence electrons. The van der Waals surface area contributed by atoms with Gasteiger partial charge < -0.3 is 9.84 Å². The van der Waals surface area contributed by atoms with Gasteiger partial charge in [-0.1, -0.05) is 11.3 Å². The van der Waals surface area contributed by atoms with Crippen LogP contribution in [0.15, 0.2) is 36.5 Å². The molecule has 3 aromatic heterocycles. The normalized spacial score (nSPS) is 10.7. The van der Waals surface area contributed by atoms with E-state index in [1.54, 1.807) is 16.8 Å². The molecule has 20 heavy (non-hydrogen) atoms. The van der Waals surface area contributed by atoms with Crippen molar-refractivity contribution < 1.29 is 14.6 Å². The zero-order valence-corrected chi connectivity index (χ0v) is 10.5. The Labute approximate surface area is 113 Å². The maximum atomic E-state index is 11.1. The molecular formula is C13H10N4O3. The van der Waals surface area contributed by atoms with Gasteiger partial charge in [-0.2, -0.15) is 0 Å². The molecule has 0 amide bonds.